The molecular formula is C18H24N2S. The highest BCUT2D eigenvalue weighted by Gasteiger charge is 2.11. The maximum atomic E-state index is 4.06. The van der Waals surface area contributed by atoms with E-state index in [0.29, 0.717) is 12.0 Å². The molecule has 0 saturated carbocycles. The van der Waals surface area contributed by atoms with Crippen molar-refractivity contribution in [2.75, 3.05) is 12.3 Å². The molecule has 0 aliphatic carbocycles. The molecule has 3 heteroatoms. The smallest absolute Gasteiger partial charge is 0.0415 e. The zero-order chi connectivity index (χ0) is 15.1. The van der Waals surface area contributed by atoms with Crippen molar-refractivity contribution in [3.05, 3.63) is 59.9 Å². The van der Waals surface area contributed by atoms with Crippen LogP contribution in [0, 0.1) is 0 Å². The molecule has 2 aromatic rings. The summed E-state index contributed by atoms with van der Waals surface area (Å²) in [4.78, 5) is 5.33. The van der Waals surface area contributed by atoms with Gasteiger partial charge in [0.2, 0.25) is 0 Å². The minimum atomic E-state index is 0.384. The SMILES string of the molecule is CCNC(CSc1ccncc1)c1ccc(C(C)C)cc1. The van der Waals surface area contributed by atoms with Crippen molar-refractivity contribution in [2.45, 2.75) is 37.6 Å². The van der Waals surface area contributed by atoms with Gasteiger partial charge in [0.05, 0.1) is 0 Å². The van der Waals surface area contributed by atoms with E-state index in [2.05, 4.69) is 67.5 Å². The molecule has 0 bridgehead atoms. The lowest BCUT2D eigenvalue weighted by Gasteiger charge is -2.19. The minimum absolute atomic E-state index is 0.384. The van der Waals surface area contributed by atoms with Crippen LogP contribution in [0.1, 0.15) is 43.9 Å². The fraction of sp³-hybridized carbons (Fsp3) is 0.389. The first-order valence-corrected chi connectivity index (χ1v) is 8.55. The molecule has 0 saturated heterocycles. The number of nitrogens with zero attached hydrogens (tertiary/aromatic N) is 1. The third-order valence-corrected chi connectivity index (χ3v) is 4.63. The van der Waals surface area contributed by atoms with E-state index in [9.17, 15) is 0 Å². The average Bonchev–Trinajstić information content (AvgIpc) is 2.52. The highest BCUT2D eigenvalue weighted by molar-refractivity contribution is 7.99. The van der Waals surface area contributed by atoms with E-state index >= 15 is 0 Å². The number of aromatic nitrogens is 1. The number of hydrogen-bond acceptors (Lipinski definition) is 3. The van der Waals surface area contributed by atoms with E-state index in [-0.39, 0.29) is 0 Å². The second kappa shape index (κ2) is 8.20. The molecule has 112 valence electrons. The van der Waals surface area contributed by atoms with E-state index in [1.54, 1.807) is 0 Å². The maximum absolute atomic E-state index is 4.06. The van der Waals surface area contributed by atoms with Crippen LogP contribution in [-0.2, 0) is 0 Å². The van der Waals surface area contributed by atoms with Gasteiger partial charge < -0.3 is 5.32 Å². The average molecular weight is 300 g/mol. The molecule has 21 heavy (non-hydrogen) atoms. The first-order valence-electron chi connectivity index (χ1n) is 7.56. The molecule has 0 aliphatic heterocycles. The van der Waals surface area contributed by atoms with Gasteiger partial charge in [-0.05, 0) is 35.7 Å². The van der Waals surface area contributed by atoms with Crippen LogP contribution in [0.3, 0.4) is 0 Å². The molecule has 1 heterocycles. The molecule has 1 aromatic carbocycles. The molecule has 2 rings (SSSR count). The third-order valence-electron chi connectivity index (χ3n) is 3.52. The number of nitrogens with one attached hydrogen (secondary N) is 1. The molecule has 0 fully saturated rings. The monoisotopic (exact) mass is 300 g/mol. The van der Waals surface area contributed by atoms with E-state index in [0.717, 1.165) is 12.3 Å². The van der Waals surface area contributed by atoms with Gasteiger partial charge in [0.25, 0.3) is 0 Å². The zero-order valence-electron chi connectivity index (χ0n) is 13.0. The van der Waals surface area contributed by atoms with Gasteiger partial charge in [-0.1, -0.05) is 45.0 Å². The van der Waals surface area contributed by atoms with Gasteiger partial charge in [-0.15, -0.1) is 11.8 Å². The Hall–Kier alpha value is -1.32. The molecule has 0 radical (unpaired) electrons. The van der Waals surface area contributed by atoms with Gasteiger partial charge in [0, 0.05) is 29.1 Å². The van der Waals surface area contributed by atoms with Crippen LogP contribution in [-0.4, -0.2) is 17.3 Å². The largest absolute Gasteiger partial charge is 0.309 e. The summed E-state index contributed by atoms with van der Waals surface area (Å²) in [7, 11) is 0. The van der Waals surface area contributed by atoms with Crippen molar-refractivity contribution < 1.29 is 0 Å². The van der Waals surface area contributed by atoms with Crippen LogP contribution in [0.15, 0.2) is 53.7 Å². The van der Waals surface area contributed by atoms with Crippen molar-refractivity contribution in [2.24, 2.45) is 0 Å². The normalized spacial score (nSPS) is 12.6. The number of pyridine rings is 1. The zero-order valence-corrected chi connectivity index (χ0v) is 13.9. The summed E-state index contributed by atoms with van der Waals surface area (Å²) in [6.07, 6.45) is 3.70. The summed E-state index contributed by atoms with van der Waals surface area (Å²) >= 11 is 1.87. The predicted molar refractivity (Wildman–Crippen MR) is 91.9 cm³/mol. The topological polar surface area (TPSA) is 24.9 Å². The second-order valence-corrected chi connectivity index (χ2v) is 6.52. The quantitative estimate of drug-likeness (QED) is 0.754. The van der Waals surface area contributed by atoms with Gasteiger partial charge >= 0.3 is 0 Å². The summed E-state index contributed by atoms with van der Waals surface area (Å²) in [5, 5.41) is 3.58. The maximum Gasteiger partial charge on any atom is 0.0415 e. The highest BCUT2D eigenvalue weighted by atomic mass is 32.2. The second-order valence-electron chi connectivity index (χ2n) is 5.43. The highest BCUT2D eigenvalue weighted by Crippen LogP contribution is 2.25. The van der Waals surface area contributed by atoms with E-state index in [1.807, 2.05) is 24.2 Å². The lowest BCUT2D eigenvalue weighted by atomic mass is 9.99. The summed E-state index contributed by atoms with van der Waals surface area (Å²) in [5.41, 5.74) is 2.76. The Balaban J connectivity index is 2.04. The molecule has 0 amide bonds. The lowest BCUT2D eigenvalue weighted by Crippen LogP contribution is -2.22. The summed E-state index contributed by atoms with van der Waals surface area (Å²) < 4.78 is 0. The lowest BCUT2D eigenvalue weighted by molar-refractivity contribution is 0.605. The molecule has 1 N–H and O–H groups in total. The van der Waals surface area contributed by atoms with Crippen LogP contribution in [0.25, 0.3) is 0 Å². The first-order chi connectivity index (χ1) is 10.2. The Morgan fingerprint density at radius 3 is 2.19 bits per heavy atom. The third kappa shape index (κ3) is 4.87. The Kier molecular flexibility index (Phi) is 6.27. The Morgan fingerprint density at radius 1 is 1.00 bits per heavy atom. The number of rotatable bonds is 7. The molecular weight excluding hydrogens is 276 g/mol. The number of thioether (sulfide) groups is 1. The van der Waals surface area contributed by atoms with Crippen LogP contribution in [0.5, 0.6) is 0 Å². The van der Waals surface area contributed by atoms with Gasteiger partial charge in [-0.3, -0.25) is 4.98 Å². The Morgan fingerprint density at radius 2 is 1.62 bits per heavy atom. The van der Waals surface area contributed by atoms with Crippen molar-refractivity contribution in [3.8, 4) is 0 Å². The predicted octanol–water partition coefficient (Wildman–Crippen LogP) is 4.65. The Labute approximate surface area is 132 Å². The van der Waals surface area contributed by atoms with Crippen LogP contribution >= 0.6 is 11.8 Å². The standard InChI is InChI=1S/C18H24N2S/c1-4-20-18(13-21-17-9-11-19-12-10-17)16-7-5-15(6-8-16)14(2)3/h5-12,14,18,20H,4,13H2,1-3H3. The fourth-order valence-corrected chi connectivity index (χ4v) is 3.23. The van der Waals surface area contributed by atoms with Gasteiger partial charge in [-0.25, -0.2) is 0 Å². The molecule has 1 unspecified atom stereocenters. The van der Waals surface area contributed by atoms with Crippen molar-refractivity contribution >= 4 is 11.8 Å². The minimum Gasteiger partial charge on any atom is -0.309 e. The summed E-state index contributed by atoms with van der Waals surface area (Å²) in [6.45, 7) is 7.60. The molecule has 0 aliphatic rings. The van der Waals surface area contributed by atoms with E-state index < -0.39 is 0 Å². The van der Waals surface area contributed by atoms with Gasteiger partial charge in [-0.2, -0.15) is 0 Å². The van der Waals surface area contributed by atoms with Crippen LogP contribution in [0.2, 0.25) is 0 Å². The molecule has 1 atom stereocenters. The first kappa shape index (κ1) is 16.1. The summed E-state index contributed by atoms with van der Waals surface area (Å²) in [5.74, 6) is 1.61. The van der Waals surface area contributed by atoms with E-state index in [1.165, 1.54) is 16.0 Å². The number of hydrogen-bond donors (Lipinski definition) is 1. The van der Waals surface area contributed by atoms with Crippen LogP contribution in [0.4, 0.5) is 0 Å². The molecule has 2 nitrogen and oxygen atoms in total. The summed E-state index contributed by atoms with van der Waals surface area (Å²) in [6, 6.07) is 13.5. The van der Waals surface area contributed by atoms with Gasteiger partial charge in [0.1, 0.15) is 0 Å². The molecule has 0 spiro atoms. The Bertz CT molecular complexity index is 523. The molecule has 1 aromatic heterocycles. The number of benzene rings is 1. The van der Waals surface area contributed by atoms with Crippen molar-refractivity contribution in [1.29, 1.82) is 0 Å². The van der Waals surface area contributed by atoms with Crippen molar-refractivity contribution in [3.63, 3.8) is 0 Å². The van der Waals surface area contributed by atoms with Crippen molar-refractivity contribution in [1.82, 2.24) is 10.3 Å². The van der Waals surface area contributed by atoms with E-state index in [4.69, 9.17) is 0 Å². The fourth-order valence-electron chi connectivity index (χ4n) is 2.25. The van der Waals surface area contributed by atoms with Crippen LogP contribution < -0.4 is 5.32 Å². The van der Waals surface area contributed by atoms with Gasteiger partial charge in [0.15, 0.2) is 0 Å².